The average Bonchev–Trinajstić information content (AvgIpc) is 3.32. The molecule has 0 spiro atoms. The van der Waals surface area contributed by atoms with Gasteiger partial charge in [-0.15, -0.1) is 0 Å². The van der Waals surface area contributed by atoms with Gasteiger partial charge in [0.05, 0.1) is 23.5 Å². The van der Waals surface area contributed by atoms with Gasteiger partial charge in [-0.25, -0.2) is 4.68 Å². The van der Waals surface area contributed by atoms with Gasteiger partial charge in [0.15, 0.2) is 0 Å². The van der Waals surface area contributed by atoms with E-state index < -0.39 is 0 Å². The Labute approximate surface area is 197 Å². The summed E-state index contributed by atoms with van der Waals surface area (Å²) in [4.78, 5) is 30.9. The molecule has 6 rings (SSSR count). The number of benzene rings is 2. The number of aromatic nitrogens is 2. The molecule has 3 heterocycles. The third kappa shape index (κ3) is 3.35. The Morgan fingerprint density at radius 3 is 2.58 bits per heavy atom. The molecule has 2 aliphatic heterocycles. The molecule has 33 heavy (non-hydrogen) atoms. The number of hydrogen-bond acceptors (Lipinski definition) is 3. The zero-order chi connectivity index (χ0) is 22.7. The lowest BCUT2D eigenvalue weighted by molar-refractivity contribution is 0.0579. The van der Waals surface area contributed by atoms with Gasteiger partial charge in [-0.05, 0) is 62.4 Å². The van der Waals surface area contributed by atoms with Crippen molar-refractivity contribution in [3.63, 3.8) is 0 Å². The van der Waals surface area contributed by atoms with Crippen LogP contribution in [0.1, 0.15) is 57.4 Å². The highest BCUT2D eigenvalue weighted by atomic mass is 35.5. The van der Waals surface area contributed by atoms with Gasteiger partial charge in [0, 0.05) is 29.2 Å². The number of likely N-dealkylation sites (tertiary alicyclic amines) is 1. The van der Waals surface area contributed by atoms with Crippen LogP contribution in [0.5, 0.6) is 0 Å². The molecule has 3 aliphatic rings. The highest BCUT2D eigenvalue weighted by molar-refractivity contribution is 6.30. The first-order chi connectivity index (χ1) is 16.0. The maximum atomic E-state index is 13.9. The van der Waals surface area contributed by atoms with Gasteiger partial charge < -0.3 is 9.80 Å². The summed E-state index contributed by atoms with van der Waals surface area (Å²) in [6.45, 7) is 3.19. The normalized spacial score (nSPS) is 22.2. The maximum Gasteiger partial charge on any atom is 0.273 e. The molecule has 1 aliphatic carbocycles. The van der Waals surface area contributed by atoms with Crippen LogP contribution >= 0.6 is 11.6 Å². The lowest BCUT2D eigenvalue weighted by Gasteiger charge is -2.31. The zero-order valence-corrected chi connectivity index (χ0v) is 19.2. The molecule has 1 saturated carbocycles. The van der Waals surface area contributed by atoms with Gasteiger partial charge in [0.2, 0.25) is 0 Å². The van der Waals surface area contributed by atoms with Crippen molar-refractivity contribution in [1.29, 1.82) is 0 Å². The van der Waals surface area contributed by atoms with Gasteiger partial charge in [-0.2, -0.15) is 5.10 Å². The highest BCUT2D eigenvalue weighted by Gasteiger charge is 2.52. The largest absolute Gasteiger partial charge is 0.337 e. The van der Waals surface area contributed by atoms with E-state index >= 15 is 0 Å². The fourth-order valence-electron chi connectivity index (χ4n) is 5.47. The number of rotatable bonds is 4. The molecule has 2 unspecified atom stereocenters. The van der Waals surface area contributed by atoms with Crippen LogP contribution in [0.4, 0.5) is 0 Å². The Bertz CT molecular complexity index is 1250. The first kappa shape index (κ1) is 20.5. The van der Waals surface area contributed by atoms with E-state index in [1.165, 1.54) is 0 Å². The van der Waals surface area contributed by atoms with Gasteiger partial charge in [-0.3, -0.25) is 9.59 Å². The fourth-order valence-corrected chi connectivity index (χ4v) is 5.66. The zero-order valence-electron chi connectivity index (χ0n) is 18.4. The molecule has 168 valence electrons. The summed E-state index contributed by atoms with van der Waals surface area (Å²) in [6, 6.07) is 17.0. The fraction of sp³-hybridized carbons (Fsp3) is 0.346. The quantitative estimate of drug-likeness (QED) is 0.569. The topological polar surface area (TPSA) is 58.4 Å². The van der Waals surface area contributed by atoms with Crippen molar-refractivity contribution in [3.05, 3.63) is 82.1 Å². The number of nitrogens with zero attached hydrogens (tertiary/aromatic N) is 4. The van der Waals surface area contributed by atoms with Gasteiger partial charge in [0.1, 0.15) is 5.69 Å². The molecule has 2 fully saturated rings. The van der Waals surface area contributed by atoms with E-state index in [1.807, 2.05) is 46.8 Å². The van der Waals surface area contributed by atoms with Crippen molar-refractivity contribution < 1.29 is 9.59 Å². The number of hydrogen-bond donors (Lipinski definition) is 0. The average molecular weight is 461 g/mol. The molecule has 1 saturated heterocycles. The van der Waals surface area contributed by atoms with Crippen molar-refractivity contribution in [2.24, 2.45) is 5.92 Å². The van der Waals surface area contributed by atoms with Crippen LogP contribution in [0, 0.1) is 12.8 Å². The van der Waals surface area contributed by atoms with Gasteiger partial charge in [0.25, 0.3) is 11.8 Å². The van der Waals surface area contributed by atoms with E-state index in [9.17, 15) is 9.59 Å². The van der Waals surface area contributed by atoms with Crippen molar-refractivity contribution in [3.8, 4) is 5.69 Å². The van der Waals surface area contributed by atoms with E-state index in [2.05, 4.69) is 4.90 Å². The first-order valence-electron chi connectivity index (χ1n) is 11.6. The minimum absolute atomic E-state index is 0.00209. The van der Waals surface area contributed by atoms with Crippen LogP contribution in [0.15, 0.2) is 54.6 Å². The molecule has 0 N–H and O–H groups in total. The molecule has 0 bridgehead atoms. The SMILES string of the molecule is Cc1nn(-c2ccccc2)c2c1C(C1CC1)N(C1CCN(C(=O)c3cccc(Cl)c3)C1)C2=O. The number of carbonyl (C=O) groups excluding carboxylic acids is 2. The second-order valence-corrected chi connectivity index (χ2v) is 9.73. The Hall–Kier alpha value is -3.12. The minimum atomic E-state index is -0.0289. The molecule has 2 atom stereocenters. The maximum absolute atomic E-state index is 13.9. The van der Waals surface area contributed by atoms with Crippen molar-refractivity contribution in [1.82, 2.24) is 19.6 Å². The van der Waals surface area contributed by atoms with E-state index in [0.717, 1.165) is 36.2 Å². The van der Waals surface area contributed by atoms with Crippen LogP contribution in [0.25, 0.3) is 5.69 Å². The lowest BCUT2D eigenvalue weighted by atomic mass is 10.0. The predicted octanol–water partition coefficient (Wildman–Crippen LogP) is 4.66. The summed E-state index contributed by atoms with van der Waals surface area (Å²) in [7, 11) is 0. The summed E-state index contributed by atoms with van der Waals surface area (Å²) >= 11 is 6.10. The molecular weight excluding hydrogens is 436 g/mol. The summed E-state index contributed by atoms with van der Waals surface area (Å²) in [5, 5.41) is 5.31. The molecule has 2 amide bonds. The summed E-state index contributed by atoms with van der Waals surface area (Å²) in [6.07, 6.45) is 3.03. The van der Waals surface area contributed by atoms with Crippen LogP contribution in [-0.2, 0) is 0 Å². The third-order valence-electron chi connectivity index (χ3n) is 7.12. The number of fused-ring (bicyclic) bond motifs is 1. The van der Waals surface area contributed by atoms with Crippen LogP contribution < -0.4 is 0 Å². The third-order valence-corrected chi connectivity index (χ3v) is 7.36. The predicted molar refractivity (Wildman–Crippen MR) is 126 cm³/mol. The molecule has 0 radical (unpaired) electrons. The monoisotopic (exact) mass is 460 g/mol. The van der Waals surface area contributed by atoms with Gasteiger partial charge >= 0.3 is 0 Å². The van der Waals surface area contributed by atoms with Gasteiger partial charge in [-0.1, -0.05) is 35.9 Å². The van der Waals surface area contributed by atoms with Crippen LogP contribution in [0.3, 0.4) is 0 Å². The summed E-state index contributed by atoms with van der Waals surface area (Å²) in [5.74, 6) is 0.479. The number of halogens is 1. The summed E-state index contributed by atoms with van der Waals surface area (Å²) < 4.78 is 1.81. The molecule has 7 heteroatoms. The van der Waals surface area contributed by atoms with Crippen molar-refractivity contribution in [2.75, 3.05) is 13.1 Å². The van der Waals surface area contributed by atoms with Crippen molar-refractivity contribution in [2.45, 2.75) is 38.3 Å². The Morgan fingerprint density at radius 2 is 1.85 bits per heavy atom. The number of aryl methyl sites for hydroxylation is 1. The smallest absolute Gasteiger partial charge is 0.273 e. The Kier molecular flexibility index (Phi) is 4.80. The van der Waals surface area contributed by atoms with E-state index in [1.54, 1.807) is 24.3 Å². The molecular formula is C26H25ClN4O2. The number of amides is 2. The molecule has 1 aromatic heterocycles. The lowest BCUT2D eigenvalue weighted by Crippen LogP contribution is -2.42. The molecule has 6 nitrogen and oxygen atoms in total. The number of para-hydroxylation sites is 1. The van der Waals surface area contributed by atoms with E-state index in [4.69, 9.17) is 16.7 Å². The second-order valence-electron chi connectivity index (χ2n) is 9.29. The number of carbonyl (C=O) groups is 2. The van der Waals surface area contributed by atoms with Crippen molar-refractivity contribution >= 4 is 23.4 Å². The van der Waals surface area contributed by atoms with E-state index in [-0.39, 0.29) is 23.9 Å². The van der Waals surface area contributed by atoms with Crippen LogP contribution in [0.2, 0.25) is 5.02 Å². The Morgan fingerprint density at radius 1 is 1.06 bits per heavy atom. The molecule has 2 aromatic carbocycles. The highest BCUT2D eigenvalue weighted by Crippen LogP contribution is 2.52. The van der Waals surface area contributed by atoms with Crippen LogP contribution in [-0.4, -0.2) is 50.5 Å². The second kappa shape index (κ2) is 7.73. The van der Waals surface area contributed by atoms with E-state index in [0.29, 0.717) is 35.3 Å². The standard InChI is InChI=1S/C26H25ClN4O2/c1-16-22-23(17-10-11-17)30(26(33)24(22)31(28-16)20-8-3-2-4-9-20)21-12-13-29(15-21)25(32)18-6-5-7-19(27)14-18/h2-9,14,17,21,23H,10-13,15H2,1H3. The molecule has 3 aromatic rings. The first-order valence-corrected chi connectivity index (χ1v) is 11.9. The minimum Gasteiger partial charge on any atom is -0.337 e. The Balaban J connectivity index is 1.32. The summed E-state index contributed by atoms with van der Waals surface area (Å²) in [5.41, 5.74) is 4.18.